The van der Waals surface area contributed by atoms with Gasteiger partial charge in [-0.3, -0.25) is 9.59 Å². The lowest BCUT2D eigenvalue weighted by Gasteiger charge is -2.55. The normalized spacial score (nSPS) is 54.4. The van der Waals surface area contributed by atoms with Gasteiger partial charge in [0.2, 0.25) is 5.91 Å². The Bertz CT molecular complexity index is 817. The van der Waals surface area contributed by atoms with Gasteiger partial charge in [-0.1, -0.05) is 12.8 Å². The standard InChI is InChI=1S/C27H39NO3/c29-23(28-5-2-6-28)19-7-18-8-20-13-25(12-18,14-21(20)10-19)26-11-17-3-1-4-27(16-26,24(30)31)22(9-17)15-26/h17-22H,1-16H2,(H,30,31). The summed E-state index contributed by atoms with van der Waals surface area (Å²) in [6.07, 6.45) is 16.8. The van der Waals surface area contributed by atoms with E-state index in [4.69, 9.17) is 0 Å². The molecule has 1 aliphatic heterocycles. The maximum atomic E-state index is 13.1. The minimum Gasteiger partial charge on any atom is -0.481 e. The van der Waals surface area contributed by atoms with Gasteiger partial charge in [-0.15, -0.1) is 0 Å². The molecular weight excluding hydrogens is 386 g/mol. The summed E-state index contributed by atoms with van der Waals surface area (Å²) >= 11 is 0. The highest BCUT2D eigenvalue weighted by Crippen LogP contribution is 2.77. The van der Waals surface area contributed by atoms with Crippen molar-refractivity contribution in [3.8, 4) is 0 Å². The molecule has 6 saturated carbocycles. The van der Waals surface area contributed by atoms with Crippen LogP contribution < -0.4 is 0 Å². The number of nitrogens with zero attached hydrogens (tertiary/aromatic N) is 1. The highest BCUT2D eigenvalue weighted by atomic mass is 16.4. The molecule has 7 fully saturated rings. The molecule has 0 aromatic heterocycles. The second kappa shape index (κ2) is 6.29. The van der Waals surface area contributed by atoms with E-state index in [1.165, 1.54) is 57.8 Å². The Balaban J connectivity index is 1.21. The van der Waals surface area contributed by atoms with E-state index in [0.29, 0.717) is 28.6 Å². The average molecular weight is 426 g/mol. The van der Waals surface area contributed by atoms with E-state index in [1.54, 1.807) is 0 Å². The Morgan fingerprint density at radius 2 is 1.58 bits per heavy atom. The predicted octanol–water partition coefficient (Wildman–Crippen LogP) is 5.11. The molecule has 0 spiro atoms. The topological polar surface area (TPSA) is 57.6 Å². The molecule has 0 aromatic carbocycles. The van der Waals surface area contributed by atoms with Crippen molar-refractivity contribution in [2.24, 2.45) is 51.8 Å². The molecule has 1 heterocycles. The van der Waals surface area contributed by atoms with Crippen molar-refractivity contribution in [2.75, 3.05) is 13.1 Å². The lowest BCUT2D eigenvalue weighted by molar-refractivity contribution is -0.152. The minimum absolute atomic E-state index is 0.279. The Hall–Kier alpha value is -1.06. The van der Waals surface area contributed by atoms with E-state index in [9.17, 15) is 14.7 Å². The van der Waals surface area contributed by atoms with Crippen LogP contribution in [0.25, 0.3) is 0 Å². The van der Waals surface area contributed by atoms with Crippen molar-refractivity contribution in [2.45, 2.75) is 89.9 Å². The number of aliphatic carboxylic acids is 1. The van der Waals surface area contributed by atoms with Crippen LogP contribution in [0.4, 0.5) is 0 Å². The highest BCUT2D eigenvalue weighted by Gasteiger charge is 2.71. The number of hydrogen-bond acceptors (Lipinski definition) is 2. The van der Waals surface area contributed by atoms with Gasteiger partial charge in [0.15, 0.2) is 0 Å². The summed E-state index contributed by atoms with van der Waals surface area (Å²) in [7, 11) is 0. The fourth-order valence-corrected chi connectivity index (χ4v) is 11.1. The lowest BCUT2D eigenvalue weighted by Crippen LogP contribution is -2.48. The van der Waals surface area contributed by atoms with Gasteiger partial charge in [0, 0.05) is 19.0 Å². The molecule has 31 heavy (non-hydrogen) atoms. The van der Waals surface area contributed by atoms with Crippen LogP contribution in [0, 0.1) is 51.8 Å². The smallest absolute Gasteiger partial charge is 0.309 e. The molecule has 4 nitrogen and oxygen atoms in total. The zero-order valence-corrected chi connectivity index (χ0v) is 19.0. The van der Waals surface area contributed by atoms with Crippen molar-refractivity contribution in [3.05, 3.63) is 0 Å². The van der Waals surface area contributed by atoms with Gasteiger partial charge in [-0.2, -0.15) is 0 Å². The summed E-state index contributed by atoms with van der Waals surface area (Å²) in [6, 6.07) is 0. The van der Waals surface area contributed by atoms with Gasteiger partial charge in [0.1, 0.15) is 0 Å². The highest BCUT2D eigenvalue weighted by molar-refractivity contribution is 5.79. The molecule has 0 aromatic rings. The molecular formula is C27H39NO3. The number of carbonyl (C=O) groups is 2. The number of carbonyl (C=O) groups excluding carboxylic acids is 1. The maximum Gasteiger partial charge on any atom is 0.309 e. The van der Waals surface area contributed by atoms with E-state index in [-0.39, 0.29) is 5.92 Å². The number of carboxylic acid groups (broad SMARTS) is 1. The van der Waals surface area contributed by atoms with Gasteiger partial charge in [0.05, 0.1) is 5.41 Å². The Morgan fingerprint density at radius 3 is 2.32 bits per heavy atom. The molecule has 1 saturated heterocycles. The van der Waals surface area contributed by atoms with Crippen LogP contribution in [0.2, 0.25) is 0 Å². The van der Waals surface area contributed by atoms with Gasteiger partial charge < -0.3 is 10.0 Å². The van der Waals surface area contributed by atoms with Crippen LogP contribution in [0.3, 0.4) is 0 Å². The zero-order valence-electron chi connectivity index (χ0n) is 19.0. The predicted molar refractivity (Wildman–Crippen MR) is 117 cm³/mol. The van der Waals surface area contributed by atoms with Crippen molar-refractivity contribution in [1.29, 1.82) is 0 Å². The quantitative estimate of drug-likeness (QED) is 0.683. The lowest BCUT2D eigenvalue weighted by atomic mass is 9.50. The number of hydrogen-bond donors (Lipinski definition) is 1. The second-order valence-corrected chi connectivity index (χ2v) is 13.4. The third-order valence-electron chi connectivity index (χ3n) is 12.2. The number of rotatable bonds is 3. The monoisotopic (exact) mass is 425 g/mol. The summed E-state index contributed by atoms with van der Waals surface area (Å²) in [5.41, 5.74) is 0.265. The van der Waals surface area contributed by atoms with Crippen LogP contribution in [-0.2, 0) is 9.59 Å². The number of carboxylic acids is 1. The molecule has 7 aliphatic rings. The molecule has 9 atom stereocenters. The van der Waals surface area contributed by atoms with Crippen LogP contribution in [-0.4, -0.2) is 35.0 Å². The SMILES string of the molecule is O=C(C1CC2CC3CC(C45CC6CCCC(C(=O)O)(C4)C(C6)C5)(C2)CC3C1)N1CCC1. The zero-order chi connectivity index (χ0) is 21.0. The molecule has 7 rings (SSSR count). The molecule has 6 aliphatic carbocycles. The minimum atomic E-state index is -0.468. The van der Waals surface area contributed by atoms with Gasteiger partial charge in [0.25, 0.3) is 0 Å². The van der Waals surface area contributed by atoms with Crippen LogP contribution in [0.5, 0.6) is 0 Å². The van der Waals surface area contributed by atoms with Gasteiger partial charge >= 0.3 is 5.97 Å². The Morgan fingerprint density at radius 1 is 0.806 bits per heavy atom. The molecule has 170 valence electrons. The third kappa shape index (κ3) is 2.48. The van der Waals surface area contributed by atoms with Crippen molar-refractivity contribution in [1.82, 2.24) is 4.90 Å². The molecule has 9 unspecified atom stereocenters. The Labute approximate surface area is 186 Å². The average Bonchev–Trinajstić information content (AvgIpc) is 2.96. The summed E-state index contributed by atoms with van der Waals surface area (Å²) in [5.74, 6) is 3.72. The van der Waals surface area contributed by atoms with E-state index in [1.807, 2.05) is 0 Å². The van der Waals surface area contributed by atoms with E-state index in [2.05, 4.69) is 4.90 Å². The number of amides is 1. The molecule has 0 radical (unpaired) electrons. The fraction of sp³-hybridized carbons (Fsp3) is 0.926. The largest absolute Gasteiger partial charge is 0.481 e. The summed E-state index contributed by atoms with van der Waals surface area (Å²) in [4.78, 5) is 27.9. The van der Waals surface area contributed by atoms with E-state index < -0.39 is 11.4 Å². The maximum absolute atomic E-state index is 13.1. The number of fused-ring (bicyclic) bond motifs is 5. The number of likely N-dealkylation sites (tertiary alicyclic amines) is 1. The van der Waals surface area contributed by atoms with E-state index >= 15 is 0 Å². The summed E-state index contributed by atoms with van der Waals surface area (Å²) in [5, 5.41) is 10.4. The third-order valence-corrected chi connectivity index (χ3v) is 12.2. The van der Waals surface area contributed by atoms with Crippen molar-refractivity contribution < 1.29 is 14.7 Å². The van der Waals surface area contributed by atoms with Crippen LogP contribution >= 0.6 is 0 Å². The molecule has 6 bridgehead atoms. The van der Waals surface area contributed by atoms with Gasteiger partial charge in [-0.25, -0.2) is 0 Å². The van der Waals surface area contributed by atoms with Crippen LogP contribution in [0.15, 0.2) is 0 Å². The first-order valence-corrected chi connectivity index (χ1v) is 13.4. The summed E-state index contributed by atoms with van der Waals surface area (Å²) in [6.45, 7) is 1.97. The second-order valence-electron chi connectivity index (χ2n) is 13.4. The van der Waals surface area contributed by atoms with E-state index in [0.717, 1.165) is 62.9 Å². The van der Waals surface area contributed by atoms with Crippen LogP contribution in [0.1, 0.15) is 89.9 Å². The first-order valence-electron chi connectivity index (χ1n) is 13.4. The summed E-state index contributed by atoms with van der Waals surface area (Å²) < 4.78 is 0. The molecule has 1 amide bonds. The van der Waals surface area contributed by atoms with Crippen molar-refractivity contribution >= 4 is 11.9 Å². The molecule has 1 N–H and O–H groups in total. The first kappa shape index (κ1) is 19.4. The van der Waals surface area contributed by atoms with Crippen molar-refractivity contribution in [3.63, 3.8) is 0 Å². The van der Waals surface area contributed by atoms with Gasteiger partial charge in [-0.05, 0) is 117 Å². The molecule has 4 heteroatoms. The Kier molecular flexibility index (Phi) is 3.94. The first-order chi connectivity index (χ1) is 14.9. The fourth-order valence-electron chi connectivity index (χ4n) is 11.1.